The predicted molar refractivity (Wildman–Crippen MR) is 79.7 cm³/mol. The summed E-state index contributed by atoms with van der Waals surface area (Å²) < 4.78 is 6.85. The Labute approximate surface area is 127 Å². The minimum absolute atomic E-state index is 0.245. The van der Waals surface area contributed by atoms with Gasteiger partial charge < -0.3 is 4.74 Å². The van der Waals surface area contributed by atoms with Crippen molar-refractivity contribution >= 4 is 5.97 Å². The molecule has 0 bridgehead atoms. The van der Waals surface area contributed by atoms with Crippen molar-refractivity contribution in [3.63, 3.8) is 0 Å². The summed E-state index contributed by atoms with van der Waals surface area (Å²) in [5, 5.41) is 10.9. The van der Waals surface area contributed by atoms with Gasteiger partial charge in [-0.15, -0.1) is 5.10 Å². The fourth-order valence-corrected chi connectivity index (χ4v) is 1.99. The molecule has 0 saturated heterocycles. The van der Waals surface area contributed by atoms with Crippen LogP contribution < -0.4 is 4.74 Å². The van der Waals surface area contributed by atoms with Crippen molar-refractivity contribution in [1.82, 2.24) is 20.2 Å². The van der Waals surface area contributed by atoms with E-state index >= 15 is 0 Å². The molecule has 2 aromatic carbocycles. The van der Waals surface area contributed by atoms with Gasteiger partial charge in [0.15, 0.2) is 0 Å². The van der Waals surface area contributed by atoms with E-state index in [2.05, 4.69) is 15.5 Å². The Kier molecular flexibility index (Phi) is 3.91. The molecule has 1 aromatic heterocycles. The summed E-state index contributed by atoms with van der Waals surface area (Å²) in [6.07, 6.45) is 1.74. The highest BCUT2D eigenvalue weighted by molar-refractivity contribution is 5.75. The maximum atomic E-state index is 11.9. The van der Waals surface area contributed by atoms with Crippen LogP contribution >= 0.6 is 0 Å². The van der Waals surface area contributed by atoms with Crippen molar-refractivity contribution in [1.29, 1.82) is 0 Å². The first-order chi connectivity index (χ1) is 10.7. The largest absolute Gasteiger partial charge is 0.426 e. The lowest BCUT2D eigenvalue weighted by Gasteiger charge is -2.06. The molecule has 0 amide bonds. The quantitative estimate of drug-likeness (QED) is 0.544. The van der Waals surface area contributed by atoms with Crippen molar-refractivity contribution in [2.75, 3.05) is 0 Å². The Morgan fingerprint density at radius 1 is 1.09 bits per heavy atom. The topological polar surface area (TPSA) is 69.9 Å². The van der Waals surface area contributed by atoms with Crippen LogP contribution in [0.15, 0.2) is 54.9 Å². The molecular weight excluding hydrogens is 280 g/mol. The van der Waals surface area contributed by atoms with E-state index < -0.39 is 0 Å². The number of ether oxygens (including phenoxy) is 1. The number of benzene rings is 2. The van der Waals surface area contributed by atoms with Gasteiger partial charge in [0.2, 0.25) is 0 Å². The van der Waals surface area contributed by atoms with Gasteiger partial charge in [0, 0.05) is 0 Å². The van der Waals surface area contributed by atoms with Gasteiger partial charge in [0.05, 0.1) is 12.1 Å². The maximum absolute atomic E-state index is 11.9. The summed E-state index contributed by atoms with van der Waals surface area (Å²) in [5.74, 6) is 0.202. The number of esters is 1. The minimum atomic E-state index is -0.293. The molecule has 0 fully saturated rings. The molecule has 110 valence electrons. The molecule has 0 aliphatic rings. The molecule has 0 spiro atoms. The highest BCUT2D eigenvalue weighted by atomic mass is 16.5. The van der Waals surface area contributed by atoms with Crippen molar-refractivity contribution in [2.24, 2.45) is 0 Å². The molecule has 0 N–H and O–H groups in total. The van der Waals surface area contributed by atoms with E-state index in [1.807, 2.05) is 31.2 Å². The smallest absolute Gasteiger partial charge is 0.315 e. The first kappa shape index (κ1) is 13.9. The molecule has 1 heterocycles. The second-order valence-corrected chi connectivity index (χ2v) is 4.88. The molecule has 3 aromatic rings. The second kappa shape index (κ2) is 6.17. The third-order valence-corrected chi connectivity index (χ3v) is 3.15. The fourth-order valence-electron chi connectivity index (χ4n) is 1.99. The number of aryl methyl sites for hydroxylation is 1. The molecule has 6 heteroatoms. The van der Waals surface area contributed by atoms with Crippen LogP contribution in [0, 0.1) is 6.92 Å². The summed E-state index contributed by atoms with van der Waals surface area (Å²) in [6, 6.07) is 14.8. The second-order valence-electron chi connectivity index (χ2n) is 4.88. The van der Waals surface area contributed by atoms with Gasteiger partial charge in [-0.25, -0.2) is 4.68 Å². The Balaban J connectivity index is 1.63. The van der Waals surface area contributed by atoms with Crippen LogP contribution in [0.3, 0.4) is 0 Å². The Morgan fingerprint density at radius 3 is 2.45 bits per heavy atom. The van der Waals surface area contributed by atoms with Gasteiger partial charge in [0.1, 0.15) is 12.1 Å². The van der Waals surface area contributed by atoms with E-state index in [0.29, 0.717) is 5.75 Å². The fraction of sp³-hybridized carbons (Fsp3) is 0.125. The van der Waals surface area contributed by atoms with Crippen molar-refractivity contribution in [2.45, 2.75) is 13.3 Å². The number of rotatable bonds is 4. The van der Waals surface area contributed by atoms with Crippen LogP contribution in [0.2, 0.25) is 0 Å². The van der Waals surface area contributed by atoms with Gasteiger partial charge >= 0.3 is 5.97 Å². The molecule has 0 radical (unpaired) electrons. The molecule has 0 saturated carbocycles. The molecule has 0 unspecified atom stereocenters. The van der Waals surface area contributed by atoms with Crippen LogP contribution in [0.25, 0.3) is 5.69 Å². The SMILES string of the molecule is Cc1ccc(CC(=O)Oc2ccc(-n3cnnn3)cc2)cc1. The van der Waals surface area contributed by atoms with Crippen LogP contribution in [0.1, 0.15) is 11.1 Å². The molecular formula is C16H14N4O2. The Bertz CT molecular complexity index is 750. The maximum Gasteiger partial charge on any atom is 0.315 e. The van der Waals surface area contributed by atoms with Crippen molar-refractivity contribution in [3.05, 3.63) is 66.0 Å². The zero-order valence-electron chi connectivity index (χ0n) is 12.0. The standard InChI is InChI=1S/C16H14N4O2/c1-12-2-4-13(5-3-12)10-16(21)22-15-8-6-14(7-9-15)20-11-17-18-19-20/h2-9,11H,10H2,1H3. The van der Waals surface area contributed by atoms with E-state index in [1.165, 1.54) is 11.0 Å². The minimum Gasteiger partial charge on any atom is -0.426 e. The van der Waals surface area contributed by atoms with E-state index in [1.54, 1.807) is 24.3 Å². The van der Waals surface area contributed by atoms with E-state index in [0.717, 1.165) is 16.8 Å². The summed E-state index contributed by atoms with van der Waals surface area (Å²) >= 11 is 0. The van der Waals surface area contributed by atoms with E-state index in [-0.39, 0.29) is 12.4 Å². The lowest BCUT2D eigenvalue weighted by atomic mass is 10.1. The van der Waals surface area contributed by atoms with Gasteiger partial charge in [-0.2, -0.15) is 0 Å². The predicted octanol–water partition coefficient (Wildman–Crippen LogP) is 2.12. The van der Waals surface area contributed by atoms with E-state index in [4.69, 9.17) is 4.74 Å². The number of nitrogens with zero attached hydrogens (tertiary/aromatic N) is 4. The molecule has 0 aliphatic carbocycles. The summed E-state index contributed by atoms with van der Waals surface area (Å²) in [6.45, 7) is 2.01. The first-order valence-electron chi connectivity index (χ1n) is 6.80. The molecule has 0 aliphatic heterocycles. The number of tetrazole rings is 1. The molecule has 22 heavy (non-hydrogen) atoms. The summed E-state index contributed by atoms with van der Waals surface area (Å²) in [7, 11) is 0. The normalized spacial score (nSPS) is 10.4. The number of aromatic nitrogens is 4. The molecule has 3 rings (SSSR count). The number of hydrogen-bond donors (Lipinski definition) is 0. The summed E-state index contributed by atoms with van der Waals surface area (Å²) in [4.78, 5) is 11.9. The third-order valence-electron chi connectivity index (χ3n) is 3.15. The zero-order valence-corrected chi connectivity index (χ0v) is 12.0. The Morgan fingerprint density at radius 2 is 1.82 bits per heavy atom. The first-order valence-corrected chi connectivity index (χ1v) is 6.80. The highest BCUT2D eigenvalue weighted by Gasteiger charge is 2.07. The van der Waals surface area contributed by atoms with Gasteiger partial charge in [-0.3, -0.25) is 4.79 Å². The van der Waals surface area contributed by atoms with Crippen LogP contribution in [-0.2, 0) is 11.2 Å². The van der Waals surface area contributed by atoms with E-state index in [9.17, 15) is 4.79 Å². The van der Waals surface area contributed by atoms with Crippen LogP contribution in [0.5, 0.6) is 5.75 Å². The van der Waals surface area contributed by atoms with Gasteiger partial charge in [-0.05, 0) is 47.2 Å². The Hall–Kier alpha value is -3.02. The number of hydrogen-bond acceptors (Lipinski definition) is 5. The summed E-state index contributed by atoms with van der Waals surface area (Å²) in [5.41, 5.74) is 2.89. The van der Waals surface area contributed by atoms with Crippen molar-refractivity contribution in [3.8, 4) is 11.4 Å². The average Bonchev–Trinajstić information content (AvgIpc) is 3.05. The molecule has 6 nitrogen and oxygen atoms in total. The van der Waals surface area contributed by atoms with Gasteiger partial charge in [-0.1, -0.05) is 29.8 Å². The lowest BCUT2D eigenvalue weighted by Crippen LogP contribution is -2.11. The lowest BCUT2D eigenvalue weighted by molar-refractivity contribution is -0.133. The third kappa shape index (κ3) is 3.35. The van der Waals surface area contributed by atoms with Gasteiger partial charge in [0.25, 0.3) is 0 Å². The van der Waals surface area contributed by atoms with Crippen molar-refractivity contribution < 1.29 is 9.53 Å². The number of carbonyl (C=O) groups is 1. The van der Waals surface area contributed by atoms with Crippen LogP contribution in [-0.4, -0.2) is 26.2 Å². The highest BCUT2D eigenvalue weighted by Crippen LogP contribution is 2.15. The molecule has 0 atom stereocenters. The average molecular weight is 294 g/mol. The van der Waals surface area contributed by atoms with Crippen LogP contribution in [0.4, 0.5) is 0 Å². The number of carbonyl (C=O) groups excluding carboxylic acids is 1. The zero-order chi connectivity index (χ0) is 15.4. The monoisotopic (exact) mass is 294 g/mol.